The Labute approximate surface area is 152 Å². The quantitative estimate of drug-likeness (QED) is 0.754. The van der Waals surface area contributed by atoms with Crippen molar-refractivity contribution in [1.82, 2.24) is 0 Å². The topological polar surface area (TPSA) is 57.5 Å². The molecule has 25 heavy (non-hydrogen) atoms. The highest BCUT2D eigenvalue weighted by atomic mass is 16.3. The molecular weight excluding hydrogens is 312 g/mol. The third-order valence-corrected chi connectivity index (χ3v) is 9.76. The molecule has 0 aromatic rings. The summed E-state index contributed by atoms with van der Waals surface area (Å²) in [6.45, 7) is 8.37. The van der Waals surface area contributed by atoms with Crippen LogP contribution in [0.15, 0.2) is 0 Å². The summed E-state index contributed by atoms with van der Waals surface area (Å²) in [5.74, 6) is 2.53. The zero-order valence-electron chi connectivity index (χ0n) is 16.4. The van der Waals surface area contributed by atoms with Crippen molar-refractivity contribution in [3.8, 4) is 0 Å². The number of aliphatic hydroxyl groups is 2. The van der Waals surface area contributed by atoms with Gasteiger partial charge in [-0.1, -0.05) is 20.8 Å². The largest absolute Gasteiger partial charge is 0.393 e. The fraction of sp³-hybridized carbons (Fsp3) is 0.955. The molecule has 0 saturated heterocycles. The van der Waals surface area contributed by atoms with Gasteiger partial charge in [-0.3, -0.25) is 4.79 Å². The van der Waals surface area contributed by atoms with E-state index in [-0.39, 0.29) is 23.2 Å². The fourth-order valence-electron chi connectivity index (χ4n) is 8.33. The first-order valence-corrected chi connectivity index (χ1v) is 10.6. The first-order valence-electron chi connectivity index (χ1n) is 10.6. The zero-order valence-corrected chi connectivity index (χ0v) is 16.4. The van der Waals surface area contributed by atoms with Crippen LogP contribution in [0.1, 0.15) is 79.1 Å². The molecule has 0 aliphatic heterocycles. The van der Waals surface area contributed by atoms with Crippen LogP contribution in [0.2, 0.25) is 0 Å². The van der Waals surface area contributed by atoms with E-state index in [1.807, 2.05) is 0 Å². The Morgan fingerprint density at radius 3 is 2.40 bits per heavy atom. The molecule has 4 aliphatic carbocycles. The number of aliphatic hydroxyl groups excluding tert-OH is 1. The molecule has 0 amide bonds. The number of Topliss-reactive ketones (excluding diaryl/α,β-unsaturated/α-hetero) is 1. The monoisotopic (exact) mass is 348 g/mol. The van der Waals surface area contributed by atoms with Gasteiger partial charge in [-0.25, -0.2) is 0 Å². The lowest BCUT2D eigenvalue weighted by atomic mass is 9.44. The molecule has 2 N–H and O–H groups in total. The van der Waals surface area contributed by atoms with Crippen LogP contribution in [-0.4, -0.2) is 27.7 Å². The minimum Gasteiger partial charge on any atom is -0.393 e. The number of fused-ring (bicyclic) bond motifs is 5. The molecule has 4 fully saturated rings. The molecule has 0 unspecified atom stereocenters. The fourth-order valence-corrected chi connectivity index (χ4v) is 8.33. The van der Waals surface area contributed by atoms with E-state index in [1.165, 1.54) is 12.8 Å². The lowest BCUT2D eigenvalue weighted by Gasteiger charge is -2.61. The molecule has 4 rings (SSSR count). The maximum absolute atomic E-state index is 12.4. The second-order valence-electron chi connectivity index (χ2n) is 10.5. The highest BCUT2D eigenvalue weighted by molar-refractivity contribution is 5.86. The maximum atomic E-state index is 12.4. The Balaban J connectivity index is 1.67. The van der Waals surface area contributed by atoms with Gasteiger partial charge in [0.15, 0.2) is 5.78 Å². The average Bonchev–Trinajstić information content (AvgIpc) is 2.77. The zero-order chi connectivity index (χ0) is 18.2. The molecule has 142 valence electrons. The van der Waals surface area contributed by atoms with Crippen molar-refractivity contribution in [3.05, 3.63) is 0 Å². The van der Waals surface area contributed by atoms with E-state index in [4.69, 9.17) is 0 Å². The smallest absolute Gasteiger partial charge is 0.162 e. The maximum Gasteiger partial charge on any atom is 0.162 e. The highest BCUT2D eigenvalue weighted by Gasteiger charge is 2.68. The van der Waals surface area contributed by atoms with Crippen molar-refractivity contribution < 1.29 is 15.0 Å². The molecule has 0 spiro atoms. The van der Waals surface area contributed by atoms with Gasteiger partial charge in [-0.15, -0.1) is 0 Å². The Morgan fingerprint density at radius 1 is 1.00 bits per heavy atom. The molecule has 4 saturated carbocycles. The predicted molar refractivity (Wildman–Crippen MR) is 97.9 cm³/mol. The van der Waals surface area contributed by atoms with E-state index < -0.39 is 5.60 Å². The van der Waals surface area contributed by atoms with Crippen molar-refractivity contribution in [2.45, 2.75) is 90.8 Å². The first kappa shape index (κ1) is 18.0. The van der Waals surface area contributed by atoms with Crippen LogP contribution < -0.4 is 0 Å². The minimum atomic E-state index is -1.14. The van der Waals surface area contributed by atoms with E-state index >= 15 is 0 Å². The van der Waals surface area contributed by atoms with Gasteiger partial charge < -0.3 is 10.2 Å². The molecule has 3 nitrogen and oxygen atoms in total. The van der Waals surface area contributed by atoms with E-state index in [0.29, 0.717) is 29.1 Å². The van der Waals surface area contributed by atoms with Crippen LogP contribution in [0.5, 0.6) is 0 Å². The van der Waals surface area contributed by atoms with Gasteiger partial charge in [-0.2, -0.15) is 0 Å². The van der Waals surface area contributed by atoms with Crippen molar-refractivity contribution >= 4 is 5.78 Å². The molecule has 4 aliphatic rings. The van der Waals surface area contributed by atoms with Crippen molar-refractivity contribution in [3.63, 3.8) is 0 Å². The number of carbonyl (C=O) groups excluding carboxylic acids is 1. The number of hydrogen-bond acceptors (Lipinski definition) is 3. The highest BCUT2D eigenvalue weighted by Crippen LogP contribution is 2.69. The van der Waals surface area contributed by atoms with Gasteiger partial charge in [0.05, 0.1) is 6.10 Å². The van der Waals surface area contributed by atoms with Crippen molar-refractivity contribution in [2.75, 3.05) is 0 Å². The summed E-state index contributed by atoms with van der Waals surface area (Å²) in [5, 5.41) is 21.6. The van der Waals surface area contributed by atoms with Gasteiger partial charge >= 0.3 is 0 Å². The van der Waals surface area contributed by atoms with Gasteiger partial charge in [0.1, 0.15) is 5.60 Å². The first-order chi connectivity index (χ1) is 11.6. The number of hydrogen-bond donors (Lipinski definition) is 2. The molecule has 3 heteroatoms. The summed E-state index contributed by atoms with van der Waals surface area (Å²) < 4.78 is 0. The van der Waals surface area contributed by atoms with Crippen LogP contribution in [0.4, 0.5) is 0 Å². The molecule has 0 radical (unpaired) electrons. The summed E-state index contributed by atoms with van der Waals surface area (Å²) in [6, 6.07) is 0. The number of rotatable bonds is 1. The average molecular weight is 349 g/mol. The molecule has 0 bridgehead atoms. The third-order valence-electron chi connectivity index (χ3n) is 9.76. The van der Waals surface area contributed by atoms with Gasteiger partial charge in [-0.05, 0) is 93.3 Å². The van der Waals surface area contributed by atoms with Crippen LogP contribution in [0.25, 0.3) is 0 Å². The SMILES string of the molecule is CC(=O)[C@@]1(O)[C@H](C)C[C@@H]2[C@H]3CC[C@H]4C[C@H](O)CC[C@]4(C)[C@H]3CC[C@@]21C. The second-order valence-corrected chi connectivity index (χ2v) is 10.5. The summed E-state index contributed by atoms with van der Waals surface area (Å²) in [6.07, 6.45) is 8.53. The Hall–Kier alpha value is -0.410. The summed E-state index contributed by atoms with van der Waals surface area (Å²) in [7, 11) is 0. The number of carbonyl (C=O) groups is 1. The van der Waals surface area contributed by atoms with Gasteiger partial charge in [0, 0.05) is 5.41 Å². The van der Waals surface area contributed by atoms with Gasteiger partial charge in [0.2, 0.25) is 0 Å². The third kappa shape index (κ3) is 2.15. The molecule has 0 aromatic heterocycles. The van der Waals surface area contributed by atoms with E-state index in [2.05, 4.69) is 20.8 Å². The predicted octanol–water partition coefficient (Wildman–Crippen LogP) is 3.96. The number of ketones is 1. The Morgan fingerprint density at radius 2 is 1.72 bits per heavy atom. The van der Waals surface area contributed by atoms with Crippen molar-refractivity contribution in [1.29, 1.82) is 0 Å². The standard InChI is InChI=1S/C22H36O3/c1-13-11-19-17-6-5-15-12-16(24)7-9-20(15,3)18(17)8-10-21(19,4)22(13,25)14(2)23/h13,15-19,24-25H,5-12H2,1-4H3/t13-,15+,16-,17+,18+,19-,20+,21+,22+/m1/s1. The summed E-state index contributed by atoms with van der Waals surface area (Å²) in [4.78, 5) is 12.4. The molecule has 0 heterocycles. The van der Waals surface area contributed by atoms with Crippen molar-refractivity contribution in [2.24, 2.45) is 40.4 Å². The van der Waals surface area contributed by atoms with Gasteiger partial charge in [0.25, 0.3) is 0 Å². The Kier molecular flexibility index (Phi) is 3.99. The van der Waals surface area contributed by atoms with E-state index in [1.54, 1.807) is 6.92 Å². The van der Waals surface area contributed by atoms with E-state index in [0.717, 1.165) is 38.5 Å². The Bertz CT molecular complexity index is 574. The van der Waals surface area contributed by atoms with Crippen LogP contribution in [-0.2, 0) is 4.79 Å². The lowest BCUT2D eigenvalue weighted by molar-refractivity contribution is -0.175. The van der Waals surface area contributed by atoms with Crippen LogP contribution >= 0.6 is 0 Å². The normalized spacial score (nSPS) is 58.2. The lowest BCUT2D eigenvalue weighted by Crippen LogP contribution is -2.59. The summed E-state index contributed by atoms with van der Waals surface area (Å²) in [5.41, 5.74) is -1.04. The van der Waals surface area contributed by atoms with Crippen LogP contribution in [0.3, 0.4) is 0 Å². The second kappa shape index (κ2) is 5.55. The molecule has 9 atom stereocenters. The molecule has 0 aromatic carbocycles. The van der Waals surface area contributed by atoms with E-state index in [9.17, 15) is 15.0 Å². The summed E-state index contributed by atoms with van der Waals surface area (Å²) >= 11 is 0. The minimum absolute atomic E-state index is 0.0239. The molecular formula is C22H36O3. The van der Waals surface area contributed by atoms with Crippen LogP contribution in [0, 0.1) is 40.4 Å².